The maximum atomic E-state index is 12.4. The molecule has 2 aliphatic rings. The number of piperazine rings is 1. The van der Waals surface area contributed by atoms with Crippen LogP contribution in [-0.2, 0) is 17.8 Å². The number of aromatic nitrogens is 1. The van der Waals surface area contributed by atoms with Gasteiger partial charge >= 0.3 is 0 Å². The highest BCUT2D eigenvalue weighted by atomic mass is 32.2. The normalized spacial score (nSPS) is 19.0. The second-order valence-electron chi connectivity index (χ2n) is 6.52. The number of likely N-dealkylation sites (N-methyl/N-ethyl adjacent to an activating group) is 2. The Balaban J connectivity index is 1.66. The molecule has 0 bridgehead atoms. The van der Waals surface area contributed by atoms with Crippen LogP contribution < -0.4 is 0 Å². The first-order valence-electron chi connectivity index (χ1n) is 8.27. The molecule has 0 aromatic carbocycles. The van der Waals surface area contributed by atoms with Crippen LogP contribution in [0.2, 0.25) is 0 Å². The summed E-state index contributed by atoms with van der Waals surface area (Å²) in [6.45, 7) is 5.23. The van der Waals surface area contributed by atoms with E-state index >= 15 is 0 Å². The van der Waals surface area contributed by atoms with Gasteiger partial charge in [-0.2, -0.15) is 5.26 Å². The zero-order chi connectivity index (χ0) is 17.1. The van der Waals surface area contributed by atoms with Crippen LogP contribution in [0.5, 0.6) is 0 Å². The number of hydrogen-bond acceptors (Lipinski definition) is 6. The third-order valence-corrected chi connectivity index (χ3v) is 5.61. The molecule has 1 fully saturated rings. The lowest BCUT2D eigenvalue weighted by molar-refractivity contribution is -0.129. The zero-order valence-electron chi connectivity index (χ0n) is 14.3. The first-order chi connectivity index (χ1) is 11.6. The first kappa shape index (κ1) is 17.2. The average molecular weight is 345 g/mol. The molecule has 3 rings (SSSR count). The predicted octanol–water partition coefficient (Wildman–Crippen LogP) is 0.807. The molecule has 0 unspecified atom stereocenters. The van der Waals surface area contributed by atoms with Crippen molar-refractivity contribution in [2.45, 2.75) is 18.0 Å². The molecule has 2 aliphatic heterocycles. The number of nitrogens with zero attached hydrogens (tertiary/aromatic N) is 5. The summed E-state index contributed by atoms with van der Waals surface area (Å²) in [4.78, 5) is 23.4. The van der Waals surface area contributed by atoms with Gasteiger partial charge in [-0.1, -0.05) is 11.8 Å². The molecule has 24 heavy (non-hydrogen) atoms. The summed E-state index contributed by atoms with van der Waals surface area (Å²) in [6.07, 6.45) is 0.900. The quantitative estimate of drug-likeness (QED) is 0.756. The number of carbonyl (C=O) groups excluding carboxylic acids is 1. The number of thioether (sulfide) groups is 1. The molecule has 0 spiro atoms. The van der Waals surface area contributed by atoms with E-state index in [1.54, 1.807) is 0 Å². The molecule has 128 valence electrons. The lowest BCUT2D eigenvalue weighted by Crippen LogP contribution is -2.47. The van der Waals surface area contributed by atoms with Gasteiger partial charge in [0.2, 0.25) is 5.91 Å². The van der Waals surface area contributed by atoms with Gasteiger partial charge in [0.15, 0.2) is 0 Å². The van der Waals surface area contributed by atoms with Gasteiger partial charge < -0.3 is 14.7 Å². The summed E-state index contributed by atoms with van der Waals surface area (Å²) < 4.78 is 0. The van der Waals surface area contributed by atoms with Crippen LogP contribution >= 0.6 is 11.8 Å². The molecule has 1 amide bonds. The summed E-state index contributed by atoms with van der Waals surface area (Å²) in [5, 5.41) is 10.1. The number of hydrogen-bond donors (Lipinski definition) is 0. The van der Waals surface area contributed by atoms with Crippen LogP contribution in [0, 0.1) is 11.3 Å². The van der Waals surface area contributed by atoms with Crippen molar-refractivity contribution in [1.82, 2.24) is 19.7 Å². The highest BCUT2D eigenvalue weighted by Crippen LogP contribution is 2.26. The Bertz CT molecular complexity index is 664. The molecular formula is C17H23N5OS. The largest absolute Gasteiger partial charge is 0.339 e. The van der Waals surface area contributed by atoms with Crippen LogP contribution in [0.25, 0.3) is 0 Å². The number of rotatable bonds is 3. The Morgan fingerprint density at radius 3 is 2.71 bits per heavy atom. The smallest absolute Gasteiger partial charge is 0.233 e. The van der Waals surface area contributed by atoms with Crippen molar-refractivity contribution in [1.29, 1.82) is 5.26 Å². The minimum atomic E-state index is 0.135. The van der Waals surface area contributed by atoms with Crippen LogP contribution in [0.3, 0.4) is 0 Å². The molecular weight excluding hydrogens is 322 g/mol. The van der Waals surface area contributed by atoms with Gasteiger partial charge in [-0.3, -0.25) is 4.79 Å². The summed E-state index contributed by atoms with van der Waals surface area (Å²) in [6, 6.07) is 4.18. The van der Waals surface area contributed by atoms with Crippen molar-refractivity contribution in [2.75, 3.05) is 52.6 Å². The SMILES string of the molecule is CN1CCN(C(=O)CSc2nc3c(cc2C#N)CN(C)CC3)CC1. The fourth-order valence-corrected chi connectivity index (χ4v) is 3.94. The Morgan fingerprint density at radius 1 is 1.25 bits per heavy atom. The predicted molar refractivity (Wildman–Crippen MR) is 93.8 cm³/mol. The van der Waals surface area contributed by atoms with E-state index in [1.807, 2.05) is 11.0 Å². The molecule has 0 atom stereocenters. The van der Waals surface area contributed by atoms with Gasteiger partial charge in [-0.05, 0) is 25.7 Å². The third kappa shape index (κ3) is 3.89. The molecule has 0 radical (unpaired) electrons. The van der Waals surface area contributed by atoms with Gasteiger partial charge in [0.1, 0.15) is 11.1 Å². The number of carbonyl (C=O) groups is 1. The van der Waals surface area contributed by atoms with E-state index in [1.165, 1.54) is 11.8 Å². The second-order valence-corrected chi connectivity index (χ2v) is 7.48. The second kappa shape index (κ2) is 7.51. The van der Waals surface area contributed by atoms with E-state index in [0.717, 1.165) is 56.9 Å². The molecule has 1 aromatic rings. The van der Waals surface area contributed by atoms with Crippen molar-refractivity contribution in [2.24, 2.45) is 0 Å². The fraction of sp³-hybridized carbons (Fsp3) is 0.588. The highest BCUT2D eigenvalue weighted by Gasteiger charge is 2.21. The van der Waals surface area contributed by atoms with Crippen LogP contribution in [0.1, 0.15) is 16.8 Å². The van der Waals surface area contributed by atoms with E-state index in [9.17, 15) is 10.1 Å². The van der Waals surface area contributed by atoms with Gasteiger partial charge in [0.25, 0.3) is 0 Å². The van der Waals surface area contributed by atoms with Gasteiger partial charge in [-0.15, -0.1) is 0 Å². The van der Waals surface area contributed by atoms with Gasteiger partial charge in [-0.25, -0.2) is 4.98 Å². The Labute approximate surface area is 147 Å². The number of nitriles is 1. The molecule has 7 heteroatoms. The minimum Gasteiger partial charge on any atom is -0.339 e. The number of pyridine rings is 1. The maximum absolute atomic E-state index is 12.4. The highest BCUT2D eigenvalue weighted by molar-refractivity contribution is 7.99. The van der Waals surface area contributed by atoms with Crippen molar-refractivity contribution in [3.63, 3.8) is 0 Å². The molecule has 6 nitrogen and oxygen atoms in total. The van der Waals surface area contributed by atoms with Crippen molar-refractivity contribution >= 4 is 17.7 Å². The molecule has 1 aromatic heterocycles. The fourth-order valence-electron chi connectivity index (χ4n) is 3.06. The molecule has 3 heterocycles. The van der Waals surface area contributed by atoms with E-state index < -0.39 is 0 Å². The third-order valence-electron chi connectivity index (χ3n) is 4.64. The van der Waals surface area contributed by atoms with Crippen LogP contribution in [0.4, 0.5) is 0 Å². The van der Waals surface area contributed by atoms with E-state index in [-0.39, 0.29) is 5.91 Å². The molecule has 1 saturated heterocycles. The summed E-state index contributed by atoms with van der Waals surface area (Å²) in [5.41, 5.74) is 2.79. The van der Waals surface area contributed by atoms with Gasteiger partial charge in [0, 0.05) is 51.4 Å². The van der Waals surface area contributed by atoms with Crippen molar-refractivity contribution in [3.05, 3.63) is 22.9 Å². The summed E-state index contributed by atoms with van der Waals surface area (Å²) in [5.74, 6) is 0.487. The number of amides is 1. The van der Waals surface area contributed by atoms with Crippen molar-refractivity contribution < 1.29 is 4.79 Å². The average Bonchev–Trinajstić information content (AvgIpc) is 2.59. The zero-order valence-corrected chi connectivity index (χ0v) is 15.1. The summed E-state index contributed by atoms with van der Waals surface area (Å²) >= 11 is 1.40. The lowest BCUT2D eigenvalue weighted by atomic mass is 10.0. The molecule has 0 aliphatic carbocycles. The van der Waals surface area contributed by atoms with Crippen LogP contribution in [0.15, 0.2) is 11.1 Å². The van der Waals surface area contributed by atoms with Gasteiger partial charge in [0.05, 0.1) is 11.3 Å². The molecule has 0 N–H and O–H groups in total. The topological polar surface area (TPSA) is 63.5 Å². The monoisotopic (exact) mass is 345 g/mol. The maximum Gasteiger partial charge on any atom is 0.233 e. The number of fused-ring (bicyclic) bond motifs is 1. The minimum absolute atomic E-state index is 0.135. The van der Waals surface area contributed by atoms with E-state index in [4.69, 9.17) is 0 Å². The standard InChI is InChI=1S/C17H23N5OS/c1-20-5-7-22(8-6-20)16(23)12-24-17-13(10-18)9-14-11-21(2)4-3-15(14)19-17/h9H,3-8,11-12H2,1-2H3. The van der Waals surface area contributed by atoms with Crippen molar-refractivity contribution in [3.8, 4) is 6.07 Å². The first-order valence-corrected chi connectivity index (χ1v) is 9.26. The summed E-state index contributed by atoms with van der Waals surface area (Å²) in [7, 11) is 4.15. The molecule has 0 saturated carbocycles. The van der Waals surface area contributed by atoms with E-state index in [2.05, 4.69) is 34.9 Å². The lowest BCUT2D eigenvalue weighted by Gasteiger charge is -2.32. The van der Waals surface area contributed by atoms with Crippen LogP contribution in [-0.4, -0.2) is 78.2 Å². The Kier molecular flexibility index (Phi) is 5.39. The Hall–Kier alpha value is -1.62. The Morgan fingerprint density at radius 2 is 2.00 bits per heavy atom. The van der Waals surface area contributed by atoms with E-state index in [0.29, 0.717) is 16.3 Å².